The lowest BCUT2D eigenvalue weighted by atomic mass is 10.0. The molecule has 11 nitrogen and oxygen atoms in total. The first kappa shape index (κ1) is 26.1. The normalized spacial score (nSPS) is 21.4. The quantitative estimate of drug-likeness (QED) is 0.340. The highest BCUT2D eigenvalue weighted by Crippen LogP contribution is 2.22. The van der Waals surface area contributed by atoms with E-state index in [4.69, 9.17) is 11.5 Å². The van der Waals surface area contributed by atoms with Gasteiger partial charge in [-0.05, 0) is 37.7 Å². The molecule has 6 N–H and O–H groups in total. The van der Waals surface area contributed by atoms with Gasteiger partial charge in [-0.25, -0.2) is 4.79 Å². The first-order chi connectivity index (χ1) is 16.7. The molecule has 1 aromatic rings. The summed E-state index contributed by atoms with van der Waals surface area (Å²) >= 11 is 0. The van der Waals surface area contributed by atoms with Crippen LogP contribution in [-0.2, 0) is 30.4 Å². The van der Waals surface area contributed by atoms with Crippen molar-refractivity contribution in [1.82, 2.24) is 15.1 Å². The van der Waals surface area contributed by atoms with E-state index in [1.54, 1.807) is 0 Å². The number of primary amides is 1. The third-order valence-electron chi connectivity index (χ3n) is 6.58. The summed E-state index contributed by atoms with van der Waals surface area (Å²) in [7, 11) is 0. The van der Waals surface area contributed by atoms with Crippen molar-refractivity contribution < 1.29 is 29.1 Å². The van der Waals surface area contributed by atoms with E-state index in [-0.39, 0.29) is 19.3 Å². The molecule has 2 fully saturated rings. The zero-order valence-electron chi connectivity index (χ0n) is 19.6. The maximum atomic E-state index is 13.4. The molecule has 1 aromatic carbocycles. The number of hydrogen-bond acceptors (Lipinski definition) is 6. The molecule has 2 aliphatic rings. The first-order valence-corrected chi connectivity index (χ1v) is 11.9. The standard InChI is InChI=1S/C24H33N5O6/c25-16(10-11-20(26)30)22(32)28-12-4-8-18(28)21(31)27-17(14-15-6-2-1-3-7-15)23(33)29-13-5-9-19(29)24(34)35/h1-3,6-7,16-19H,4-5,8-14,25H2,(H2,26,30)(H,27,31)(H,34,35)/t16-,17-,18-,19-/m0/s1. The number of nitrogens with one attached hydrogen (secondary N) is 1. The molecule has 0 bridgehead atoms. The van der Waals surface area contributed by atoms with E-state index in [0.717, 1.165) is 5.56 Å². The smallest absolute Gasteiger partial charge is 0.326 e. The lowest BCUT2D eigenvalue weighted by Crippen LogP contribution is -2.57. The van der Waals surface area contributed by atoms with E-state index in [0.29, 0.717) is 38.8 Å². The van der Waals surface area contributed by atoms with Crippen LogP contribution in [-0.4, -0.2) is 81.8 Å². The Morgan fingerprint density at radius 1 is 0.971 bits per heavy atom. The third-order valence-corrected chi connectivity index (χ3v) is 6.58. The van der Waals surface area contributed by atoms with Crippen LogP contribution in [0.3, 0.4) is 0 Å². The summed E-state index contributed by atoms with van der Waals surface area (Å²) in [5, 5.41) is 12.3. The second-order valence-electron chi connectivity index (χ2n) is 9.08. The molecular formula is C24H33N5O6. The van der Waals surface area contributed by atoms with Crippen LogP contribution in [0.4, 0.5) is 0 Å². The van der Waals surface area contributed by atoms with Crippen molar-refractivity contribution in [1.29, 1.82) is 0 Å². The number of hydrogen-bond donors (Lipinski definition) is 4. The van der Waals surface area contributed by atoms with Crippen LogP contribution in [0.2, 0.25) is 0 Å². The van der Waals surface area contributed by atoms with Crippen LogP contribution in [0.5, 0.6) is 0 Å². The van der Waals surface area contributed by atoms with Crippen molar-refractivity contribution in [3.63, 3.8) is 0 Å². The molecule has 0 aromatic heterocycles. The fourth-order valence-electron chi connectivity index (χ4n) is 4.74. The number of nitrogens with zero attached hydrogens (tertiary/aromatic N) is 2. The monoisotopic (exact) mass is 487 g/mol. The van der Waals surface area contributed by atoms with Crippen molar-refractivity contribution in [2.24, 2.45) is 11.5 Å². The van der Waals surface area contributed by atoms with E-state index in [1.807, 2.05) is 30.3 Å². The fraction of sp³-hybridized carbons (Fsp3) is 0.542. The van der Waals surface area contributed by atoms with Gasteiger partial charge in [0.2, 0.25) is 23.6 Å². The highest BCUT2D eigenvalue weighted by atomic mass is 16.4. The number of aliphatic carboxylic acids is 1. The van der Waals surface area contributed by atoms with Gasteiger partial charge in [-0.15, -0.1) is 0 Å². The summed E-state index contributed by atoms with van der Waals surface area (Å²) in [6, 6.07) is 5.46. The molecule has 0 saturated carbocycles. The Balaban J connectivity index is 1.75. The number of likely N-dealkylation sites (tertiary alicyclic amines) is 2. The highest BCUT2D eigenvalue weighted by Gasteiger charge is 2.40. The maximum Gasteiger partial charge on any atom is 0.326 e. The highest BCUT2D eigenvalue weighted by molar-refractivity contribution is 5.94. The van der Waals surface area contributed by atoms with Gasteiger partial charge < -0.3 is 31.7 Å². The number of carbonyl (C=O) groups is 5. The molecule has 2 heterocycles. The van der Waals surface area contributed by atoms with Gasteiger partial charge in [-0.3, -0.25) is 19.2 Å². The molecule has 0 unspecified atom stereocenters. The van der Waals surface area contributed by atoms with Gasteiger partial charge in [-0.1, -0.05) is 30.3 Å². The van der Waals surface area contributed by atoms with E-state index in [2.05, 4.69) is 5.32 Å². The number of carboxylic acids is 1. The largest absolute Gasteiger partial charge is 0.480 e. The Morgan fingerprint density at radius 2 is 1.57 bits per heavy atom. The van der Waals surface area contributed by atoms with Crippen molar-refractivity contribution in [2.45, 2.75) is 69.1 Å². The molecule has 4 atom stereocenters. The second kappa shape index (κ2) is 11.8. The minimum absolute atomic E-state index is 0.0359. The van der Waals surface area contributed by atoms with Gasteiger partial charge in [0.25, 0.3) is 0 Å². The minimum Gasteiger partial charge on any atom is -0.480 e. The SMILES string of the molecule is NC(=O)CC[C@H](N)C(=O)N1CCC[C@H]1C(=O)N[C@@H](Cc1ccccc1)C(=O)N1CCC[C@H]1C(=O)O. The second-order valence-corrected chi connectivity index (χ2v) is 9.08. The summed E-state index contributed by atoms with van der Waals surface area (Å²) < 4.78 is 0. The molecule has 3 rings (SSSR count). The Morgan fingerprint density at radius 3 is 2.17 bits per heavy atom. The molecule has 4 amide bonds. The predicted octanol–water partition coefficient (Wildman–Crippen LogP) is -0.627. The Kier molecular flexibility index (Phi) is 8.80. The number of carboxylic acid groups (broad SMARTS) is 1. The van der Waals surface area contributed by atoms with Crippen LogP contribution >= 0.6 is 0 Å². The van der Waals surface area contributed by atoms with E-state index in [9.17, 15) is 29.1 Å². The van der Waals surface area contributed by atoms with E-state index < -0.39 is 53.8 Å². The van der Waals surface area contributed by atoms with Gasteiger partial charge in [0.05, 0.1) is 6.04 Å². The molecule has 0 aliphatic carbocycles. The zero-order chi connectivity index (χ0) is 25.5. The Hall–Kier alpha value is -3.47. The molecule has 11 heteroatoms. The molecular weight excluding hydrogens is 454 g/mol. The van der Waals surface area contributed by atoms with Crippen LogP contribution in [0.15, 0.2) is 30.3 Å². The molecule has 190 valence electrons. The summed E-state index contributed by atoms with van der Waals surface area (Å²) in [5.41, 5.74) is 11.9. The van der Waals surface area contributed by atoms with Crippen LogP contribution in [0.1, 0.15) is 44.1 Å². The lowest BCUT2D eigenvalue weighted by Gasteiger charge is -2.30. The van der Waals surface area contributed by atoms with Crippen molar-refractivity contribution in [3.8, 4) is 0 Å². The van der Waals surface area contributed by atoms with Gasteiger partial charge in [0.15, 0.2) is 0 Å². The number of amides is 4. The van der Waals surface area contributed by atoms with Gasteiger partial charge in [0, 0.05) is 25.9 Å². The zero-order valence-corrected chi connectivity index (χ0v) is 19.6. The number of carbonyl (C=O) groups excluding carboxylic acids is 4. The van der Waals surface area contributed by atoms with Crippen LogP contribution in [0, 0.1) is 0 Å². The molecule has 0 spiro atoms. The van der Waals surface area contributed by atoms with Gasteiger partial charge in [0.1, 0.15) is 18.1 Å². The predicted molar refractivity (Wildman–Crippen MR) is 126 cm³/mol. The summed E-state index contributed by atoms with van der Waals surface area (Å²) in [6.07, 6.45) is 2.17. The van der Waals surface area contributed by atoms with Crippen molar-refractivity contribution >= 4 is 29.6 Å². The van der Waals surface area contributed by atoms with Crippen molar-refractivity contribution in [2.75, 3.05) is 13.1 Å². The summed E-state index contributed by atoms with van der Waals surface area (Å²) in [5.74, 6) is -3.02. The molecule has 35 heavy (non-hydrogen) atoms. The maximum absolute atomic E-state index is 13.4. The van der Waals surface area contributed by atoms with Crippen LogP contribution < -0.4 is 16.8 Å². The average molecular weight is 488 g/mol. The summed E-state index contributed by atoms with van der Waals surface area (Å²) in [4.78, 5) is 64.9. The number of nitrogens with two attached hydrogens (primary N) is 2. The van der Waals surface area contributed by atoms with Crippen LogP contribution in [0.25, 0.3) is 0 Å². The average Bonchev–Trinajstić information content (AvgIpc) is 3.52. The lowest BCUT2D eigenvalue weighted by molar-refractivity contribution is -0.149. The van der Waals surface area contributed by atoms with Crippen molar-refractivity contribution in [3.05, 3.63) is 35.9 Å². The molecule has 0 radical (unpaired) electrons. The minimum atomic E-state index is -1.07. The Bertz CT molecular complexity index is 955. The third kappa shape index (κ3) is 6.56. The number of benzene rings is 1. The van der Waals surface area contributed by atoms with Gasteiger partial charge >= 0.3 is 5.97 Å². The fourth-order valence-corrected chi connectivity index (χ4v) is 4.74. The summed E-state index contributed by atoms with van der Waals surface area (Å²) in [6.45, 7) is 0.644. The molecule has 2 aliphatic heterocycles. The van der Waals surface area contributed by atoms with E-state index >= 15 is 0 Å². The first-order valence-electron chi connectivity index (χ1n) is 11.9. The Labute approximate surface area is 203 Å². The topological polar surface area (TPSA) is 176 Å². The molecule has 2 saturated heterocycles. The number of rotatable bonds is 10. The van der Waals surface area contributed by atoms with E-state index in [1.165, 1.54) is 9.80 Å². The van der Waals surface area contributed by atoms with Gasteiger partial charge in [-0.2, -0.15) is 0 Å².